The maximum Gasteiger partial charge on any atom is 0.335 e. The molecule has 0 saturated heterocycles. The Morgan fingerprint density at radius 3 is 2.33 bits per heavy atom. The quantitative estimate of drug-likeness (QED) is 0.780. The Kier molecular flexibility index (Phi) is 5.86. The molecule has 1 atom stereocenters. The summed E-state index contributed by atoms with van der Waals surface area (Å²) >= 11 is 0. The van der Waals surface area contributed by atoms with Gasteiger partial charge in [0.2, 0.25) is 0 Å². The average molecular weight is 249 g/mol. The van der Waals surface area contributed by atoms with Gasteiger partial charge in [-0.25, -0.2) is 4.79 Å². The van der Waals surface area contributed by atoms with Crippen LogP contribution in [0.5, 0.6) is 0 Å². The Morgan fingerprint density at radius 2 is 1.83 bits per heavy atom. The van der Waals surface area contributed by atoms with Crippen LogP contribution in [0.25, 0.3) is 0 Å². The summed E-state index contributed by atoms with van der Waals surface area (Å²) in [5.41, 5.74) is 1.46. The molecule has 1 unspecified atom stereocenters. The molecular weight excluding hydrogens is 226 g/mol. The number of hydrogen-bond donors (Lipinski definition) is 2. The van der Waals surface area contributed by atoms with E-state index in [2.05, 4.69) is 26.1 Å². The lowest BCUT2D eigenvalue weighted by Crippen LogP contribution is -2.21. The third kappa shape index (κ3) is 5.32. The van der Waals surface area contributed by atoms with E-state index in [-0.39, 0.29) is 0 Å². The van der Waals surface area contributed by atoms with Gasteiger partial charge in [0.05, 0.1) is 5.56 Å². The molecule has 100 valence electrons. The molecule has 0 spiro atoms. The van der Waals surface area contributed by atoms with Crippen LogP contribution >= 0.6 is 0 Å². The van der Waals surface area contributed by atoms with E-state index in [1.54, 1.807) is 12.1 Å². The Bertz CT molecular complexity index is 371. The van der Waals surface area contributed by atoms with Gasteiger partial charge in [-0.3, -0.25) is 0 Å². The summed E-state index contributed by atoms with van der Waals surface area (Å²) in [5.74, 6) is 0.528. The minimum Gasteiger partial charge on any atom is -0.478 e. The number of rotatable bonds is 7. The molecule has 1 aromatic rings. The van der Waals surface area contributed by atoms with Crippen LogP contribution < -0.4 is 5.32 Å². The second-order valence-corrected chi connectivity index (χ2v) is 5.37. The monoisotopic (exact) mass is 249 g/mol. The first-order valence-corrected chi connectivity index (χ1v) is 6.52. The lowest BCUT2D eigenvalue weighted by Gasteiger charge is -2.14. The van der Waals surface area contributed by atoms with Gasteiger partial charge < -0.3 is 10.4 Å². The average Bonchev–Trinajstić information content (AvgIpc) is 2.28. The summed E-state index contributed by atoms with van der Waals surface area (Å²) in [5, 5.41) is 12.2. The SMILES string of the molecule is CC(C)CC(C)CNCc1ccc(C(=O)O)cc1. The topological polar surface area (TPSA) is 49.3 Å². The summed E-state index contributed by atoms with van der Waals surface area (Å²) in [7, 11) is 0. The van der Waals surface area contributed by atoms with Crippen molar-refractivity contribution in [1.82, 2.24) is 5.32 Å². The van der Waals surface area contributed by atoms with E-state index < -0.39 is 5.97 Å². The third-order valence-electron chi connectivity index (χ3n) is 2.90. The first-order valence-electron chi connectivity index (χ1n) is 6.52. The normalized spacial score (nSPS) is 12.7. The van der Waals surface area contributed by atoms with Crippen molar-refractivity contribution in [3.05, 3.63) is 35.4 Å². The van der Waals surface area contributed by atoms with Crippen molar-refractivity contribution >= 4 is 5.97 Å². The highest BCUT2D eigenvalue weighted by Crippen LogP contribution is 2.10. The number of carboxylic acids is 1. The van der Waals surface area contributed by atoms with Crippen molar-refractivity contribution in [2.45, 2.75) is 33.7 Å². The van der Waals surface area contributed by atoms with Crippen LogP contribution in [0, 0.1) is 11.8 Å². The highest BCUT2D eigenvalue weighted by Gasteiger charge is 2.05. The van der Waals surface area contributed by atoms with E-state index in [1.807, 2.05) is 12.1 Å². The molecule has 0 aliphatic carbocycles. The Labute approximate surface area is 109 Å². The van der Waals surface area contributed by atoms with Gasteiger partial charge in [-0.15, -0.1) is 0 Å². The number of hydrogen-bond acceptors (Lipinski definition) is 2. The Hall–Kier alpha value is -1.35. The predicted octanol–water partition coefficient (Wildman–Crippen LogP) is 3.16. The van der Waals surface area contributed by atoms with Gasteiger partial charge in [-0.05, 0) is 42.5 Å². The van der Waals surface area contributed by atoms with E-state index in [9.17, 15) is 4.79 Å². The first-order chi connectivity index (χ1) is 8.49. The van der Waals surface area contributed by atoms with Crippen LogP contribution in [-0.4, -0.2) is 17.6 Å². The van der Waals surface area contributed by atoms with Crippen LogP contribution in [0.4, 0.5) is 0 Å². The fraction of sp³-hybridized carbons (Fsp3) is 0.533. The van der Waals surface area contributed by atoms with Crippen LogP contribution in [0.3, 0.4) is 0 Å². The maximum absolute atomic E-state index is 10.7. The van der Waals surface area contributed by atoms with Gasteiger partial charge in [0.25, 0.3) is 0 Å². The number of carbonyl (C=O) groups is 1. The molecule has 2 N–H and O–H groups in total. The van der Waals surface area contributed by atoms with E-state index in [0.717, 1.165) is 24.6 Å². The smallest absolute Gasteiger partial charge is 0.335 e. The second kappa shape index (κ2) is 7.17. The van der Waals surface area contributed by atoms with Crippen LogP contribution in [0.15, 0.2) is 24.3 Å². The summed E-state index contributed by atoms with van der Waals surface area (Å²) in [6.07, 6.45) is 1.23. The minimum atomic E-state index is -0.875. The largest absolute Gasteiger partial charge is 0.478 e. The molecule has 0 aliphatic heterocycles. The predicted molar refractivity (Wildman–Crippen MR) is 73.7 cm³/mol. The molecule has 3 nitrogen and oxygen atoms in total. The third-order valence-corrected chi connectivity index (χ3v) is 2.90. The molecule has 0 radical (unpaired) electrons. The molecular formula is C15H23NO2. The van der Waals surface area contributed by atoms with Crippen molar-refractivity contribution in [2.24, 2.45) is 11.8 Å². The summed E-state index contributed by atoms with van der Waals surface area (Å²) in [4.78, 5) is 10.7. The zero-order valence-electron chi connectivity index (χ0n) is 11.4. The number of aromatic carboxylic acids is 1. The van der Waals surface area contributed by atoms with Gasteiger partial charge in [-0.2, -0.15) is 0 Å². The Balaban J connectivity index is 2.33. The van der Waals surface area contributed by atoms with Crippen molar-refractivity contribution in [2.75, 3.05) is 6.54 Å². The molecule has 0 fully saturated rings. The standard InChI is InChI=1S/C15H23NO2/c1-11(2)8-12(3)9-16-10-13-4-6-14(7-5-13)15(17)18/h4-7,11-12,16H,8-10H2,1-3H3,(H,17,18). The molecule has 0 aromatic heterocycles. The molecule has 0 amide bonds. The number of nitrogens with one attached hydrogen (secondary N) is 1. The molecule has 0 bridgehead atoms. The van der Waals surface area contributed by atoms with Gasteiger partial charge >= 0.3 is 5.97 Å². The van der Waals surface area contributed by atoms with E-state index >= 15 is 0 Å². The molecule has 1 aromatic carbocycles. The zero-order chi connectivity index (χ0) is 13.5. The summed E-state index contributed by atoms with van der Waals surface area (Å²) < 4.78 is 0. The molecule has 1 rings (SSSR count). The van der Waals surface area contributed by atoms with Crippen LogP contribution in [0.2, 0.25) is 0 Å². The zero-order valence-corrected chi connectivity index (χ0v) is 11.4. The van der Waals surface area contributed by atoms with Crippen molar-refractivity contribution < 1.29 is 9.90 Å². The lowest BCUT2D eigenvalue weighted by molar-refractivity contribution is 0.0697. The van der Waals surface area contributed by atoms with Gasteiger partial charge in [0.1, 0.15) is 0 Å². The van der Waals surface area contributed by atoms with Crippen LogP contribution in [0.1, 0.15) is 43.1 Å². The van der Waals surface area contributed by atoms with E-state index in [1.165, 1.54) is 6.42 Å². The minimum absolute atomic E-state index is 0.340. The lowest BCUT2D eigenvalue weighted by atomic mass is 9.99. The second-order valence-electron chi connectivity index (χ2n) is 5.37. The Morgan fingerprint density at radius 1 is 1.22 bits per heavy atom. The number of benzene rings is 1. The van der Waals surface area contributed by atoms with Crippen LogP contribution in [-0.2, 0) is 6.54 Å². The summed E-state index contributed by atoms with van der Waals surface area (Å²) in [6, 6.07) is 7.03. The molecule has 0 aliphatic rings. The van der Waals surface area contributed by atoms with Gasteiger partial charge in [-0.1, -0.05) is 32.9 Å². The van der Waals surface area contributed by atoms with E-state index in [4.69, 9.17) is 5.11 Å². The molecule has 18 heavy (non-hydrogen) atoms. The fourth-order valence-electron chi connectivity index (χ4n) is 2.12. The molecule has 0 heterocycles. The summed E-state index contributed by atoms with van der Waals surface area (Å²) in [6.45, 7) is 8.52. The van der Waals surface area contributed by atoms with Gasteiger partial charge in [0.15, 0.2) is 0 Å². The van der Waals surface area contributed by atoms with Gasteiger partial charge in [0, 0.05) is 6.54 Å². The molecule has 3 heteroatoms. The molecule has 0 saturated carbocycles. The number of carboxylic acid groups (broad SMARTS) is 1. The van der Waals surface area contributed by atoms with E-state index in [0.29, 0.717) is 11.5 Å². The van der Waals surface area contributed by atoms with Crippen molar-refractivity contribution in [3.63, 3.8) is 0 Å². The fourth-order valence-corrected chi connectivity index (χ4v) is 2.12. The maximum atomic E-state index is 10.7. The first kappa shape index (κ1) is 14.7. The van der Waals surface area contributed by atoms with Crippen molar-refractivity contribution in [1.29, 1.82) is 0 Å². The van der Waals surface area contributed by atoms with Crippen molar-refractivity contribution in [3.8, 4) is 0 Å². The highest BCUT2D eigenvalue weighted by atomic mass is 16.4. The highest BCUT2D eigenvalue weighted by molar-refractivity contribution is 5.87.